The van der Waals surface area contributed by atoms with Gasteiger partial charge >= 0.3 is 5.97 Å². The fraction of sp³-hybridized carbons (Fsp3) is 0.400. The Morgan fingerprint density at radius 2 is 2.14 bits per heavy atom. The maximum Gasteiger partial charge on any atom is 0.326 e. The summed E-state index contributed by atoms with van der Waals surface area (Å²) < 4.78 is 10.1. The molecular weight excluding hydrogens is 288 g/mol. The lowest BCUT2D eigenvalue weighted by atomic mass is 10.1. The lowest BCUT2D eigenvalue weighted by Gasteiger charge is -2.11. The van der Waals surface area contributed by atoms with Crippen LogP contribution < -0.4 is 5.32 Å². The van der Waals surface area contributed by atoms with Gasteiger partial charge in [0.15, 0.2) is 0 Å². The summed E-state index contributed by atoms with van der Waals surface area (Å²) in [4.78, 5) is 23.3. The van der Waals surface area contributed by atoms with Gasteiger partial charge in [-0.3, -0.25) is 4.79 Å². The quantitative estimate of drug-likeness (QED) is 0.809. The number of nitrogens with zero attached hydrogens (tertiary/aromatic N) is 1. The van der Waals surface area contributed by atoms with Crippen LogP contribution in [0.5, 0.6) is 0 Å². The summed E-state index contributed by atoms with van der Waals surface area (Å²) in [6.07, 6.45) is 2.19. The Labute approximate surface area is 127 Å². The van der Waals surface area contributed by atoms with Gasteiger partial charge in [-0.25, -0.2) is 4.79 Å². The third-order valence-corrected chi connectivity index (χ3v) is 2.99. The first kappa shape index (κ1) is 15.8. The van der Waals surface area contributed by atoms with E-state index in [-0.39, 0.29) is 12.2 Å². The normalized spacial score (nSPS) is 12.3. The molecule has 0 bridgehead atoms. The predicted molar refractivity (Wildman–Crippen MR) is 76.3 cm³/mol. The summed E-state index contributed by atoms with van der Waals surface area (Å²) in [5.74, 6) is -0.896. The van der Waals surface area contributed by atoms with E-state index in [1.165, 1.54) is 12.3 Å². The smallest absolute Gasteiger partial charge is 0.326 e. The number of aromatic nitrogens is 1. The molecule has 0 aliphatic carbocycles. The van der Waals surface area contributed by atoms with Crippen molar-refractivity contribution in [1.82, 2.24) is 10.5 Å². The second-order valence-electron chi connectivity index (χ2n) is 5.43. The minimum Gasteiger partial charge on any atom is -0.480 e. The van der Waals surface area contributed by atoms with Gasteiger partial charge in [-0.1, -0.05) is 19.0 Å². The number of carbonyl (C=O) groups is 2. The molecule has 0 aliphatic heterocycles. The molecule has 2 rings (SSSR count). The number of hydrogen-bond donors (Lipinski definition) is 2. The SMILES string of the molecule is CC(C)Cc1cc(C(=O)N[C@H](Cc2ccco2)C(=O)O)on1. The van der Waals surface area contributed by atoms with Gasteiger partial charge in [-0.15, -0.1) is 0 Å². The molecule has 0 spiro atoms. The summed E-state index contributed by atoms with van der Waals surface area (Å²) >= 11 is 0. The molecule has 22 heavy (non-hydrogen) atoms. The number of furan rings is 1. The maximum absolute atomic E-state index is 12.0. The van der Waals surface area contributed by atoms with Gasteiger partial charge < -0.3 is 19.4 Å². The molecule has 0 saturated heterocycles. The van der Waals surface area contributed by atoms with Gasteiger partial charge in [0, 0.05) is 12.5 Å². The number of amides is 1. The Kier molecular flexibility index (Phi) is 4.98. The van der Waals surface area contributed by atoms with Crippen LogP contribution in [-0.2, 0) is 17.6 Å². The summed E-state index contributed by atoms with van der Waals surface area (Å²) in [5.41, 5.74) is 0.665. The molecule has 0 fully saturated rings. The highest BCUT2D eigenvalue weighted by Crippen LogP contribution is 2.10. The molecule has 0 unspecified atom stereocenters. The van der Waals surface area contributed by atoms with Crippen LogP contribution in [0.4, 0.5) is 0 Å². The standard InChI is InChI=1S/C15H18N2O5/c1-9(2)6-10-7-13(22-17-10)14(18)16-12(15(19)20)8-11-4-3-5-21-11/h3-5,7,9,12H,6,8H2,1-2H3,(H,16,18)(H,19,20)/t12-/m1/s1. The summed E-state index contributed by atoms with van der Waals surface area (Å²) in [5, 5.41) is 15.4. The molecule has 1 atom stereocenters. The van der Waals surface area contributed by atoms with E-state index in [4.69, 9.17) is 8.94 Å². The van der Waals surface area contributed by atoms with Crippen molar-refractivity contribution in [2.24, 2.45) is 5.92 Å². The van der Waals surface area contributed by atoms with E-state index in [0.29, 0.717) is 23.8 Å². The highest BCUT2D eigenvalue weighted by Gasteiger charge is 2.24. The van der Waals surface area contributed by atoms with Gasteiger partial charge in [0.05, 0.1) is 12.0 Å². The van der Waals surface area contributed by atoms with E-state index in [1.54, 1.807) is 12.1 Å². The molecular formula is C15H18N2O5. The third kappa shape index (κ3) is 4.21. The Balaban J connectivity index is 2.01. The average molecular weight is 306 g/mol. The molecule has 0 saturated carbocycles. The van der Waals surface area contributed by atoms with Crippen molar-refractivity contribution >= 4 is 11.9 Å². The Morgan fingerprint density at radius 1 is 1.36 bits per heavy atom. The van der Waals surface area contributed by atoms with Gasteiger partial charge in [0.1, 0.15) is 11.8 Å². The fourth-order valence-corrected chi connectivity index (χ4v) is 1.99. The van der Waals surface area contributed by atoms with Crippen LogP contribution in [-0.4, -0.2) is 28.2 Å². The first-order chi connectivity index (χ1) is 10.5. The van der Waals surface area contributed by atoms with E-state index in [0.717, 1.165) is 0 Å². The lowest BCUT2D eigenvalue weighted by Crippen LogP contribution is -2.42. The van der Waals surface area contributed by atoms with Crippen molar-refractivity contribution in [3.8, 4) is 0 Å². The number of carbonyl (C=O) groups excluding carboxylic acids is 1. The number of hydrogen-bond acceptors (Lipinski definition) is 5. The average Bonchev–Trinajstić information content (AvgIpc) is 3.08. The van der Waals surface area contributed by atoms with Crippen molar-refractivity contribution in [1.29, 1.82) is 0 Å². The van der Waals surface area contributed by atoms with Gasteiger partial charge in [0.2, 0.25) is 5.76 Å². The van der Waals surface area contributed by atoms with E-state index in [1.807, 2.05) is 13.8 Å². The van der Waals surface area contributed by atoms with Crippen molar-refractivity contribution in [2.45, 2.75) is 32.7 Å². The van der Waals surface area contributed by atoms with Crippen LogP contribution in [0, 0.1) is 5.92 Å². The third-order valence-electron chi connectivity index (χ3n) is 2.99. The molecule has 0 radical (unpaired) electrons. The Morgan fingerprint density at radius 3 is 2.73 bits per heavy atom. The zero-order valence-electron chi connectivity index (χ0n) is 12.4. The number of rotatable bonds is 7. The maximum atomic E-state index is 12.0. The topological polar surface area (TPSA) is 106 Å². The van der Waals surface area contributed by atoms with E-state index in [9.17, 15) is 14.7 Å². The van der Waals surface area contributed by atoms with Gasteiger partial charge in [-0.2, -0.15) is 0 Å². The summed E-state index contributed by atoms with van der Waals surface area (Å²) in [6, 6.07) is 3.74. The summed E-state index contributed by atoms with van der Waals surface area (Å²) in [6.45, 7) is 4.05. The zero-order chi connectivity index (χ0) is 16.1. The Hall–Kier alpha value is -2.57. The highest BCUT2D eigenvalue weighted by molar-refractivity contribution is 5.94. The van der Waals surface area contributed by atoms with Crippen molar-refractivity contribution in [3.05, 3.63) is 41.7 Å². The molecule has 2 aromatic rings. The van der Waals surface area contributed by atoms with E-state index >= 15 is 0 Å². The first-order valence-electron chi connectivity index (χ1n) is 6.97. The first-order valence-corrected chi connectivity index (χ1v) is 6.97. The molecule has 7 nitrogen and oxygen atoms in total. The van der Waals surface area contributed by atoms with E-state index in [2.05, 4.69) is 10.5 Å². The molecule has 7 heteroatoms. The molecule has 0 aliphatic rings. The van der Waals surface area contributed by atoms with Crippen LogP contribution in [0.2, 0.25) is 0 Å². The summed E-state index contributed by atoms with van der Waals surface area (Å²) in [7, 11) is 0. The van der Waals surface area contributed by atoms with Crippen molar-refractivity contribution in [3.63, 3.8) is 0 Å². The van der Waals surface area contributed by atoms with Crippen LogP contribution in [0.25, 0.3) is 0 Å². The fourth-order valence-electron chi connectivity index (χ4n) is 1.99. The van der Waals surface area contributed by atoms with Crippen molar-refractivity contribution < 1.29 is 23.6 Å². The monoisotopic (exact) mass is 306 g/mol. The molecule has 118 valence electrons. The molecule has 2 N–H and O–H groups in total. The molecule has 1 amide bonds. The van der Waals surface area contributed by atoms with Crippen LogP contribution in [0.15, 0.2) is 33.4 Å². The largest absolute Gasteiger partial charge is 0.480 e. The number of nitrogens with one attached hydrogen (secondary N) is 1. The van der Waals surface area contributed by atoms with Crippen LogP contribution in [0.3, 0.4) is 0 Å². The minimum atomic E-state index is -1.15. The lowest BCUT2D eigenvalue weighted by molar-refractivity contribution is -0.139. The minimum absolute atomic E-state index is 0.00125. The number of aliphatic carboxylic acids is 1. The Bertz CT molecular complexity index is 630. The molecule has 0 aromatic carbocycles. The molecule has 2 heterocycles. The molecule has 2 aromatic heterocycles. The second-order valence-corrected chi connectivity index (χ2v) is 5.43. The van der Waals surface area contributed by atoms with Gasteiger partial charge in [0.25, 0.3) is 5.91 Å². The highest BCUT2D eigenvalue weighted by atomic mass is 16.5. The van der Waals surface area contributed by atoms with E-state index < -0.39 is 17.9 Å². The van der Waals surface area contributed by atoms with Crippen LogP contribution >= 0.6 is 0 Å². The van der Waals surface area contributed by atoms with Gasteiger partial charge in [-0.05, 0) is 24.5 Å². The number of carboxylic acid groups (broad SMARTS) is 1. The van der Waals surface area contributed by atoms with Crippen molar-refractivity contribution in [2.75, 3.05) is 0 Å². The zero-order valence-corrected chi connectivity index (χ0v) is 12.4. The predicted octanol–water partition coefficient (Wildman–Crippen LogP) is 1.89. The number of carboxylic acids is 1. The second kappa shape index (κ2) is 6.93. The van der Waals surface area contributed by atoms with Crippen LogP contribution in [0.1, 0.15) is 35.9 Å².